The zero-order chi connectivity index (χ0) is 15.2. The van der Waals surface area contributed by atoms with Crippen LogP contribution in [-0.4, -0.2) is 25.7 Å². The van der Waals surface area contributed by atoms with Crippen LogP contribution < -0.4 is 14.8 Å². The Kier molecular flexibility index (Phi) is 5.17. The van der Waals surface area contributed by atoms with Crippen molar-refractivity contribution in [2.24, 2.45) is 0 Å². The molecular weight excluding hydrogens is 264 g/mol. The van der Waals surface area contributed by atoms with Crippen molar-refractivity contribution in [3.8, 4) is 11.5 Å². The van der Waals surface area contributed by atoms with Gasteiger partial charge in [0, 0.05) is 17.8 Å². The summed E-state index contributed by atoms with van der Waals surface area (Å²) < 4.78 is 10.8. The van der Waals surface area contributed by atoms with Crippen molar-refractivity contribution >= 4 is 0 Å². The highest BCUT2D eigenvalue weighted by Crippen LogP contribution is 2.33. The first-order valence-corrected chi connectivity index (χ1v) is 7.08. The molecule has 4 heteroatoms. The largest absolute Gasteiger partial charge is 0.497 e. The number of benzene rings is 1. The maximum atomic E-state index is 5.53. The second kappa shape index (κ2) is 7.09. The van der Waals surface area contributed by atoms with Crippen LogP contribution in [0.4, 0.5) is 0 Å². The van der Waals surface area contributed by atoms with Gasteiger partial charge in [0.25, 0.3) is 0 Å². The third-order valence-corrected chi connectivity index (χ3v) is 3.48. The molecule has 0 saturated heterocycles. The van der Waals surface area contributed by atoms with Gasteiger partial charge in [-0.05, 0) is 37.2 Å². The minimum Gasteiger partial charge on any atom is -0.497 e. The fourth-order valence-corrected chi connectivity index (χ4v) is 2.42. The number of nitrogens with one attached hydrogen (secondary N) is 1. The molecule has 0 aliphatic heterocycles. The number of nitrogens with zero attached hydrogens (tertiary/aromatic N) is 1. The van der Waals surface area contributed by atoms with E-state index in [2.05, 4.69) is 30.2 Å². The first-order valence-electron chi connectivity index (χ1n) is 7.08. The van der Waals surface area contributed by atoms with Gasteiger partial charge in [0.15, 0.2) is 0 Å². The van der Waals surface area contributed by atoms with Crippen LogP contribution in [0.1, 0.15) is 29.8 Å². The summed E-state index contributed by atoms with van der Waals surface area (Å²) in [6.45, 7) is 5.00. The molecule has 0 spiro atoms. The van der Waals surface area contributed by atoms with Crippen molar-refractivity contribution in [1.29, 1.82) is 0 Å². The van der Waals surface area contributed by atoms with Crippen LogP contribution in [0.15, 0.2) is 36.5 Å². The molecule has 1 aromatic heterocycles. The predicted octanol–water partition coefficient (Wildman–Crippen LogP) is 3.11. The van der Waals surface area contributed by atoms with E-state index in [0.717, 1.165) is 34.9 Å². The van der Waals surface area contributed by atoms with Crippen molar-refractivity contribution in [3.63, 3.8) is 0 Å². The molecule has 21 heavy (non-hydrogen) atoms. The Bertz CT molecular complexity index is 599. The SMILES string of the molecule is CCNC(c1ccc(OC)cc1OC)c1ncccc1C. The van der Waals surface area contributed by atoms with Gasteiger partial charge in [0.2, 0.25) is 0 Å². The number of methoxy groups -OCH3 is 2. The van der Waals surface area contributed by atoms with Gasteiger partial charge < -0.3 is 14.8 Å². The van der Waals surface area contributed by atoms with Gasteiger partial charge in [-0.2, -0.15) is 0 Å². The van der Waals surface area contributed by atoms with E-state index in [4.69, 9.17) is 9.47 Å². The number of aryl methyl sites for hydroxylation is 1. The van der Waals surface area contributed by atoms with Crippen molar-refractivity contribution < 1.29 is 9.47 Å². The summed E-state index contributed by atoms with van der Waals surface area (Å²) in [5.41, 5.74) is 3.23. The lowest BCUT2D eigenvalue weighted by atomic mass is 9.98. The summed E-state index contributed by atoms with van der Waals surface area (Å²) in [5.74, 6) is 1.58. The average Bonchev–Trinajstić information content (AvgIpc) is 2.53. The highest BCUT2D eigenvalue weighted by Gasteiger charge is 2.20. The Labute approximate surface area is 126 Å². The Balaban J connectivity index is 2.50. The molecular formula is C17H22N2O2. The molecule has 0 bridgehead atoms. The van der Waals surface area contributed by atoms with E-state index in [1.54, 1.807) is 14.2 Å². The van der Waals surface area contributed by atoms with E-state index in [0.29, 0.717) is 0 Å². The third-order valence-electron chi connectivity index (χ3n) is 3.48. The van der Waals surface area contributed by atoms with Gasteiger partial charge in [0.1, 0.15) is 11.5 Å². The lowest BCUT2D eigenvalue weighted by Gasteiger charge is -2.22. The van der Waals surface area contributed by atoms with Crippen LogP contribution in [0.2, 0.25) is 0 Å². The number of aromatic nitrogens is 1. The highest BCUT2D eigenvalue weighted by atomic mass is 16.5. The molecule has 0 aliphatic rings. The standard InChI is InChI=1S/C17H22N2O2/c1-5-18-17(16-12(2)7-6-10-19-16)14-9-8-13(20-3)11-15(14)21-4/h6-11,17-18H,5H2,1-4H3. The lowest BCUT2D eigenvalue weighted by Crippen LogP contribution is -2.24. The Morgan fingerprint density at radius 3 is 2.62 bits per heavy atom. The molecule has 0 radical (unpaired) electrons. The third kappa shape index (κ3) is 3.34. The quantitative estimate of drug-likeness (QED) is 0.886. The topological polar surface area (TPSA) is 43.4 Å². The molecule has 1 heterocycles. The predicted molar refractivity (Wildman–Crippen MR) is 84.0 cm³/mol. The highest BCUT2D eigenvalue weighted by molar-refractivity contribution is 5.46. The van der Waals surface area contributed by atoms with E-state index in [1.807, 2.05) is 30.5 Å². The van der Waals surface area contributed by atoms with Gasteiger partial charge in [-0.15, -0.1) is 0 Å². The summed E-state index contributed by atoms with van der Waals surface area (Å²) in [6, 6.07) is 9.89. The van der Waals surface area contributed by atoms with Crippen LogP contribution in [0.3, 0.4) is 0 Å². The van der Waals surface area contributed by atoms with Crippen molar-refractivity contribution in [2.45, 2.75) is 19.9 Å². The molecule has 2 rings (SSSR count). The van der Waals surface area contributed by atoms with Crippen LogP contribution in [-0.2, 0) is 0 Å². The molecule has 112 valence electrons. The van der Waals surface area contributed by atoms with Crippen molar-refractivity contribution in [3.05, 3.63) is 53.3 Å². The first-order chi connectivity index (χ1) is 10.2. The van der Waals surface area contributed by atoms with E-state index >= 15 is 0 Å². The summed E-state index contributed by atoms with van der Waals surface area (Å²) in [4.78, 5) is 4.54. The monoisotopic (exact) mass is 286 g/mol. The van der Waals surface area contributed by atoms with Gasteiger partial charge in [0.05, 0.1) is 26.0 Å². The van der Waals surface area contributed by atoms with Crippen molar-refractivity contribution in [1.82, 2.24) is 10.3 Å². The van der Waals surface area contributed by atoms with E-state index in [1.165, 1.54) is 0 Å². The van der Waals surface area contributed by atoms with Gasteiger partial charge in [-0.25, -0.2) is 0 Å². The second-order valence-electron chi connectivity index (χ2n) is 4.80. The maximum Gasteiger partial charge on any atom is 0.127 e. The summed E-state index contributed by atoms with van der Waals surface area (Å²) in [5, 5.41) is 3.48. The second-order valence-corrected chi connectivity index (χ2v) is 4.80. The Hall–Kier alpha value is -2.07. The number of ether oxygens (including phenoxy) is 2. The Morgan fingerprint density at radius 2 is 2.00 bits per heavy atom. The first kappa shape index (κ1) is 15.3. The van der Waals surface area contributed by atoms with Gasteiger partial charge in [-0.1, -0.05) is 13.0 Å². The summed E-state index contributed by atoms with van der Waals surface area (Å²) in [6.07, 6.45) is 1.82. The molecule has 1 atom stereocenters. The maximum absolute atomic E-state index is 5.53. The van der Waals surface area contributed by atoms with Crippen LogP contribution in [0, 0.1) is 6.92 Å². The van der Waals surface area contributed by atoms with Gasteiger partial charge >= 0.3 is 0 Å². The summed E-state index contributed by atoms with van der Waals surface area (Å²) in [7, 11) is 3.33. The molecule has 2 aromatic rings. The zero-order valence-corrected chi connectivity index (χ0v) is 13.0. The number of hydrogen-bond acceptors (Lipinski definition) is 4. The molecule has 1 N–H and O–H groups in total. The number of hydrogen-bond donors (Lipinski definition) is 1. The number of rotatable bonds is 6. The van der Waals surface area contributed by atoms with Crippen molar-refractivity contribution in [2.75, 3.05) is 20.8 Å². The fourth-order valence-electron chi connectivity index (χ4n) is 2.42. The zero-order valence-electron chi connectivity index (χ0n) is 13.0. The summed E-state index contributed by atoms with van der Waals surface area (Å²) >= 11 is 0. The molecule has 1 unspecified atom stereocenters. The lowest BCUT2D eigenvalue weighted by molar-refractivity contribution is 0.387. The smallest absolute Gasteiger partial charge is 0.127 e. The minimum atomic E-state index is -0.00273. The molecule has 0 saturated carbocycles. The van der Waals surface area contributed by atoms with Gasteiger partial charge in [-0.3, -0.25) is 4.98 Å². The molecule has 0 amide bonds. The molecule has 1 aromatic carbocycles. The molecule has 0 aliphatic carbocycles. The fraction of sp³-hybridized carbons (Fsp3) is 0.353. The van der Waals surface area contributed by atoms with Crippen LogP contribution in [0.5, 0.6) is 11.5 Å². The molecule has 0 fully saturated rings. The Morgan fingerprint density at radius 1 is 1.19 bits per heavy atom. The van der Waals surface area contributed by atoms with Crippen LogP contribution >= 0.6 is 0 Å². The van der Waals surface area contributed by atoms with E-state index in [9.17, 15) is 0 Å². The normalized spacial score (nSPS) is 12.0. The van der Waals surface area contributed by atoms with E-state index < -0.39 is 0 Å². The minimum absolute atomic E-state index is 0.00273. The number of pyridine rings is 1. The van der Waals surface area contributed by atoms with E-state index in [-0.39, 0.29) is 6.04 Å². The molecule has 4 nitrogen and oxygen atoms in total. The van der Waals surface area contributed by atoms with Crippen LogP contribution in [0.25, 0.3) is 0 Å². The average molecular weight is 286 g/mol.